The number of halogens is 3. The topological polar surface area (TPSA) is 60.4 Å². The van der Waals surface area contributed by atoms with E-state index in [9.17, 15) is 26.4 Å². The molecule has 0 fully saturated rings. The third kappa shape index (κ3) is 3.06. The monoisotopic (exact) mass is 296 g/mol. The lowest BCUT2D eigenvalue weighted by Crippen LogP contribution is -2.28. The maximum Gasteiger partial charge on any atom is 0.534 e. The van der Waals surface area contributed by atoms with Crippen molar-refractivity contribution in [2.75, 3.05) is 0 Å². The molecule has 1 aromatic rings. The van der Waals surface area contributed by atoms with E-state index in [1.54, 1.807) is 0 Å². The first-order valence-corrected chi connectivity index (χ1v) is 6.50. The maximum absolute atomic E-state index is 12.2. The molecule has 1 aromatic carbocycles. The van der Waals surface area contributed by atoms with Gasteiger partial charge >= 0.3 is 15.6 Å². The van der Waals surface area contributed by atoms with E-state index in [0.717, 1.165) is 6.07 Å². The zero-order valence-corrected chi connectivity index (χ0v) is 11.1. The van der Waals surface area contributed by atoms with Crippen LogP contribution in [0.2, 0.25) is 0 Å². The van der Waals surface area contributed by atoms with Crippen LogP contribution in [0, 0.1) is 13.8 Å². The molecule has 0 radical (unpaired) electrons. The summed E-state index contributed by atoms with van der Waals surface area (Å²) in [6, 6.07) is 2.26. The first-order chi connectivity index (χ1) is 8.47. The molecule has 0 heterocycles. The van der Waals surface area contributed by atoms with Crippen LogP contribution in [0.15, 0.2) is 12.1 Å². The van der Waals surface area contributed by atoms with Crippen LogP contribution in [0.1, 0.15) is 28.4 Å². The number of hydrogen-bond donors (Lipinski definition) is 0. The molecule has 1 rings (SSSR count). The van der Waals surface area contributed by atoms with Crippen molar-refractivity contribution in [1.82, 2.24) is 0 Å². The summed E-state index contributed by atoms with van der Waals surface area (Å²) < 4.78 is 62.4. The molecule has 0 aliphatic carbocycles. The third-order valence-corrected chi connectivity index (χ3v) is 3.57. The second-order valence-corrected chi connectivity index (χ2v) is 5.44. The zero-order valence-electron chi connectivity index (χ0n) is 10.3. The zero-order chi connectivity index (χ0) is 15.0. The number of hydrogen-bond acceptors (Lipinski definition) is 4. The summed E-state index contributed by atoms with van der Waals surface area (Å²) in [5, 5.41) is 0. The lowest BCUT2D eigenvalue weighted by Gasteiger charge is -2.14. The Morgan fingerprint density at radius 1 is 1.16 bits per heavy atom. The van der Waals surface area contributed by atoms with Crippen LogP contribution in [0.3, 0.4) is 0 Å². The predicted octanol–water partition coefficient (Wildman–Crippen LogP) is 2.73. The number of benzene rings is 1. The smallest absolute Gasteiger partial charge is 0.376 e. The summed E-state index contributed by atoms with van der Waals surface area (Å²) in [7, 11) is -5.71. The highest BCUT2D eigenvalue weighted by Gasteiger charge is 2.48. The second kappa shape index (κ2) is 4.84. The average molecular weight is 296 g/mol. The van der Waals surface area contributed by atoms with Gasteiger partial charge in [-0.3, -0.25) is 4.79 Å². The molecule has 0 amide bonds. The first-order valence-electron chi connectivity index (χ1n) is 5.09. The Morgan fingerprint density at radius 2 is 1.68 bits per heavy atom. The molecular weight excluding hydrogens is 285 g/mol. The van der Waals surface area contributed by atoms with E-state index in [0.29, 0.717) is 11.1 Å². The normalized spacial score (nSPS) is 12.3. The Hall–Kier alpha value is -1.57. The van der Waals surface area contributed by atoms with Crippen molar-refractivity contribution >= 4 is 15.9 Å². The molecule has 0 atom stereocenters. The largest absolute Gasteiger partial charge is 0.534 e. The number of alkyl halides is 3. The van der Waals surface area contributed by atoms with Gasteiger partial charge in [0, 0.05) is 5.56 Å². The fourth-order valence-corrected chi connectivity index (χ4v) is 1.94. The second-order valence-electron chi connectivity index (χ2n) is 3.90. The molecule has 106 valence electrons. The molecule has 0 bridgehead atoms. The van der Waals surface area contributed by atoms with Crippen molar-refractivity contribution < 1.29 is 30.6 Å². The van der Waals surface area contributed by atoms with E-state index in [1.807, 2.05) is 0 Å². The van der Waals surface area contributed by atoms with Crippen molar-refractivity contribution in [1.29, 1.82) is 0 Å². The summed E-state index contributed by atoms with van der Waals surface area (Å²) in [6.45, 7) is 4.18. The van der Waals surface area contributed by atoms with Gasteiger partial charge in [-0.25, -0.2) is 0 Å². The highest BCUT2D eigenvalue weighted by atomic mass is 32.2. The molecule has 0 aromatic heterocycles. The summed E-state index contributed by atoms with van der Waals surface area (Å²) in [5.41, 5.74) is -4.65. The molecule has 0 aliphatic rings. The lowest BCUT2D eigenvalue weighted by molar-refractivity contribution is -0.0500. The highest BCUT2D eigenvalue weighted by molar-refractivity contribution is 7.88. The fraction of sp³-hybridized carbons (Fsp3) is 0.364. The summed E-state index contributed by atoms with van der Waals surface area (Å²) in [5.74, 6) is -0.717. The van der Waals surface area contributed by atoms with Gasteiger partial charge in [-0.2, -0.15) is 21.6 Å². The van der Waals surface area contributed by atoms with Gasteiger partial charge in [0.1, 0.15) is 5.75 Å². The predicted molar refractivity (Wildman–Crippen MR) is 61.5 cm³/mol. The van der Waals surface area contributed by atoms with E-state index < -0.39 is 21.4 Å². The number of rotatable bonds is 3. The van der Waals surface area contributed by atoms with E-state index in [2.05, 4.69) is 4.18 Å². The lowest BCUT2D eigenvalue weighted by atomic mass is 10.0. The molecule has 4 nitrogen and oxygen atoms in total. The number of Topliss-reactive ketones (excluding diaryl/α,β-unsaturated/α-hetero) is 1. The van der Waals surface area contributed by atoms with Gasteiger partial charge in [-0.15, -0.1) is 0 Å². The Balaban J connectivity index is 3.27. The Kier molecular flexibility index (Phi) is 3.94. The minimum atomic E-state index is -5.71. The summed E-state index contributed by atoms with van der Waals surface area (Å²) in [4.78, 5) is 11.2. The van der Waals surface area contributed by atoms with E-state index in [4.69, 9.17) is 0 Å². The van der Waals surface area contributed by atoms with Gasteiger partial charge in [0.15, 0.2) is 5.78 Å². The molecule has 0 unspecified atom stereocenters. The standard InChI is InChI=1S/C11H11F3O4S/c1-6-7(2)10(5-4-9(6)8(3)15)18-19(16,17)11(12,13)14/h4-5H,1-3H3. The van der Waals surface area contributed by atoms with E-state index in [-0.39, 0.29) is 11.3 Å². The quantitative estimate of drug-likeness (QED) is 0.489. The molecule has 0 spiro atoms. The van der Waals surface area contributed by atoms with E-state index >= 15 is 0 Å². The molecule has 19 heavy (non-hydrogen) atoms. The van der Waals surface area contributed by atoms with Crippen LogP contribution in [-0.4, -0.2) is 19.7 Å². The van der Waals surface area contributed by atoms with Crippen molar-refractivity contribution in [3.05, 3.63) is 28.8 Å². The van der Waals surface area contributed by atoms with Gasteiger partial charge < -0.3 is 4.18 Å². The Morgan fingerprint density at radius 3 is 2.11 bits per heavy atom. The summed E-state index contributed by atoms with van der Waals surface area (Å²) >= 11 is 0. The fourth-order valence-electron chi connectivity index (χ4n) is 1.43. The van der Waals surface area contributed by atoms with Crippen molar-refractivity contribution in [2.45, 2.75) is 26.3 Å². The van der Waals surface area contributed by atoms with Crippen LogP contribution < -0.4 is 4.18 Å². The van der Waals surface area contributed by atoms with Gasteiger partial charge in [-0.1, -0.05) is 0 Å². The first kappa shape index (κ1) is 15.5. The number of carbonyl (C=O) groups excluding carboxylic acids is 1. The molecule has 0 aliphatic heterocycles. The number of ketones is 1. The number of carbonyl (C=O) groups is 1. The van der Waals surface area contributed by atoms with E-state index in [1.165, 1.54) is 26.8 Å². The SMILES string of the molecule is CC(=O)c1ccc(OS(=O)(=O)C(F)(F)F)c(C)c1C. The molecule has 0 saturated heterocycles. The molecule has 0 N–H and O–H groups in total. The Labute approximate surface area is 108 Å². The molecule has 8 heteroatoms. The van der Waals surface area contributed by atoms with Crippen molar-refractivity contribution in [3.8, 4) is 5.75 Å². The summed E-state index contributed by atoms with van der Waals surface area (Å²) in [6.07, 6.45) is 0. The van der Waals surface area contributed by atoms with Gasteiger partial charge in [-0.05, 0) is 44.0 Å². The van der Waals surface area contributed by atoms with Gasteiger partial charge in [0.25, 0.3) is 0 Å². The molecular formula is C11H11F3O4S. The average Bonchev–Trinajstić information content (AvgIpc) is 2.22. The maximum atomic E-state index is 12.2. The van der Waals surface area contributed by atoms with Crippen molar-refractivity contribution in [2.24, 2.45) is 0 Å². The third-order valence-electron chi connectivity index (χ3n) is 2.60. The highest BCUT2D eigenvalue weighted by Crippen LogP contribution is 2.31. The van der Waals surface area contributed by atoms with Crippen LogP contribution >= 0.6 is 0 Å². The van der Waals surface area contributed by atoms with Crippen LogP contribution in [0.5, 0.6) is 5.75 Å². The molecule has 0 saturated carbocycles. The minimum Gasteiger partial charge on any atom is -0.376 e. The van der Waals surface area contributed by atoms with Crippen LogP contribution in [0.25, 0.3) is 0 Å². The van der Waals surface area contributed by atoms with Crippen LogP contribution in [0.4, 0.5) is 13.2 Å². The Bertz CT molecular complexity index is 618. The van der Waals surface area contributed by atoms with Crippen LogP contribution in [-0.2, 0) is 10.1 Å². The van der Waals surface area contributed by atoms with Crippen molar-refractivity contribution in [3.63, 3.8) is 0 Å². The minimum absolute atomic E-state index is 0.167. The van der Waals surface area contributed by atoms with Gasteiger partial charge in [0.05, 0.1) is 0 Å². The van der Waals surface area contributed by atoms with Gasteiger partial charge in [0.2, 0.25) is 0 Å².